The number of likely N-dealkylation sites (tertiary alicyclic amines) is 1. The average molecular weight is 634 g/mol. The second-order valence-electron chi connectivity index (χ2n) is 12.7. The SMILES string of the molecule is C=CC1C[NH+](Cc2cc(OCCCC)c(OCCCC)c(OCCCC)c2)[C@H]([C@H](O)c2ccnc3ccc(OC)cc23)CC1CC. The molecule has 46 heavy (non-hydrogen) atoms. The Morgan fingerprint density at radius 2 is 1.59 bits per heavy atom. The number of piperidine rings is 1. The van der Waals surface area contributed by atoms with Gasteiger partial charge >= 0.3 is 0 Å². The summed E-state index contributed by atoms with van der Waals surface area (Å²) in [6.07, 6.45) is 11.3. The van der Waals surface area contributed by atoms with Crippen molar-refractivity contribution >= 4 is 10.9 Å². The number of aliphatic hydroxyl groups is 1. The summed E-state index contributed by atoms with van der Waals surface area (Å²) in [7, 11) is 1.67. The first kappa shape index (κ1) is 35.6. The van der Waals surface area contributed by atoms with Crippen LogP contribution in [0.5, 0.6) is 23.0 Å². The predicted molar refractivity (Wildman–Crippen MR) is 186 cm³/mol. The first-order chi connectivity index (χ1) is 22.5. The number of fused-ring (bicyclic) bond motifs is 1. The Morgan fingerprint density at radius 3 is 2.17 bits per heavy atom. The highest BCUT2D eigenvalue weighted by atomic mass is 16.5. The van der Waals surface area contributed by atoms with Crippen LogP contribution in [0.1, 0.15) is 96.3 Å². The molecule has 2 N–H and O–H groups in total. The Hall–Kier alpha value is -3.29. The van der Waals surface area contributed by atoms with E-state index in [2.05, 4.69) is 57.5 Å². The zero-order chi connectivity index (χ0) is 32.9. The van der Waals surface area contributed by atoms with Crippen molar-refractivity contribution in [2.24, 2.45) is 11.8 Å². The monoisotopic (exact) mass is 633 g/mol. The predicted octanol–water partition coefficient (Wildman–Crippen LogP) is 7.50. The van der Waals surface area contributed by atoms with E-state index in [1.807, 2.05) is 24.3 Å². The summed E-state index contributed by atoms with van der Waals surface area (Å²) in [5, 5.41) is 13.1. The number of rotatable bonds is 19. The number of pyridine rings is 1. The standard InChI is InChI=1S/C39H56N2O5/c1-7-12-19-44-36-22-28(23-37(45-20-13-8-2)39(36)46-21-14-9-3)26-41-27-30(11-5)29(10-4)24-35(41)38(42)32-17-18-40-34-16-15-31(43-6)25-33(32)34/h11,15-18,22-23,25,29-30,35,38,42H,5,7-10,12-14,19-21,24,26-27H2,1-4,6H3/p+1/t29?,30?,35-,38+/m0/s1. The number of aromatic nitrogens is 1. The van der Waals surface area contributed by atoms with Gasteiger partial charge in [0, 0.05) is 29.5 Å². The number of unbranched alkanes of at least 4 members (excludes halogenated alkanes) is 3. The van der Waals surface area contributed by atoms with Gasteiger partial charge in [-0.2, -0.15) is 0 Å². The lowest BCUT2D eigenvalue weighted by atomic mass is 9.77. The third kappa shape index (κ3) is 8.95. The molecule has 0 amide bonds. The molecule has 3 unspecified atom stereocenters. The number of hydrogen-bond acceptors (Lipinski definition) is 6. The van der Waals surface area contributed by atoms with Crippen molar-refractivity contribution in [3.8, 4) is 23.0 Å². The number of methoxy groups -OCH3 is 1. The zero-order valence-corrected chi connectivity index (χ0v) is 28.9. The Kier molecular flexibility index (Phi) is 14.0. The third-order valence-electron chi connectivity index (χ3n) is 9.46. The van der Waals surface area contributed by atoms with Crippen LogP contribution in [-0.2, 0) is 6.54 Å². The van der Waals surface area contributed by atoms with E-state index >= 15 is 0 Å². The summed E-state index contributed by atoms with van der Waals surface area (Å²) in [5.74, 6) is 3.80. The van der Waals surface area contributed by atoms with Gasteiger partial charge in [0.25, 0.3) is 0 Å². The summed E-state index contributed by atoms with van der Waals surface area (Å²) in [5.41, 5.74) is 2.87. The van der Waals surface area contributed by atoms with Crippen LogP contribution >= 0.6 is 0 Å². The molecule has 0 bridgehead atoms. The van der Waals surface area contributed by atoms with Crippen molar-refractivity contribution in [1.29, 1.82) is 0 Å². The second kappa shape index (κ2) is 18.2. The van der Waals surface area contributed by atoms with Crippen molar-refractivity contribution in [3.05, 3.63) is 66.4 Å². The van der Waals surface area contributed by atoms with E-state index in [1.54, 1.807) is 13.3 Å². The fourth-order valence-electron chi connectivity index (χ4n) is 6.66. The van der Waals surface area contributed by atoms with Gasteiger partial charge < -0.3 is 29.0 Å². The maximum Gasteiger partial charge on any atom is 0.203 e. The largest absolute Gasteiger partial charge is 0.497 e. The highest BCUT2D eigenvalue weighted by Crippen LogP contribution is 2.40. The van der Waals surface area contributed by atoms with Crippen LogP contribution in [0.4, 0.5) is 0 Å². The Morgan fingerprint density at radius 1 is 0.935 bits per heavy atom. The summed E-state index contributed by atoms with van der Waals surface area (Å²) in [6, 6.07) is 12.1. The van der Waals surface area contributed by atoms with Crippen molar-refractivity contribution in [2.75, 3.05) is 33.5 Å². The van der Waals surface area contributed by atoms with Gasteiger partial charge in [-0.3, -0.25) is 4.98 Å². The van der Waals surface area contributed by atoms with Gasteiger partial charge in [0.1, 0.15) is 24.4 Å². The fourth-order valence-corrected chi connectivity index (χ4v) is 6.66. The smallest absolute Gasteiger partial charge is 0.203 e. The van der Waals surface area contributed by atoms with Gasteiger partial charge in [-0.1, -0.05) is 59.5 Å². The molecule has 0 aliphatic carbocycles. The van der Waals surface area contributed by atoms with Gasteiger partial charge in [0.05, 0.1) is 39.0 Å². The average Bonchev–Trinajstić information content (AvgIpc) is 3.08. The van der Waals surface area contributed by atoms with Crippen LogP contribution in [0.2, 0.25) is 0 Å². The minimum absolute atomic E-state index is 0.0210. The van der Waals surface area contributed by atoms with E-state index < -0.39 is 6.10 Å². The van der Waals surface area contributed by atoms with Crippen LogP contribution in [0.3, 0.4) is 0 Å². The minimum atomic E-state index is -0.676. The van der Waals surface area contributed by atoms with Crippen LogP contribution in [0, 0.1) is 11.8 Å². The first-order valence-electron chi connectivity index (χ1n) is 17.6. The molecule has 0 spiro atoms. The number of quaternary nitrogens is 1. The molecule has 2 aromatic carbocycles. The van der Waals surface area contributed by atoms with Gasteiger partial charge in [-0.15, -0.1) is 6.58 Å². The lowest BCUT2D eigenvalue weighted by molar-refractivity contribution is -0.952. The van der Waals surface area contributed by atoms with Crippen LogP contribution in [0.25, 0.3) is 10.9 Å². The molecule has 0 radical (unpaired) electrons. The summed E-state index contributed by atoms with van der Waals surface area (Å²) in [4.78, 5) is 5.90. The fraction of sp³-hybridized carbons (Fsp3) is 0.564. The number of nitrogens with zero attached hydrogens (tertiary/aromatic N) is 1. The number of benzene rings is 2. The normalized spacial score (nSPS) is 20.3. The Balaban J connectivity index is 1.73. The lowest BCUT2D eigenvalue weighted by Crippen LogP contribution is -3.17. The van der Waals surface area contributed by atoms with E-state index in [0.29, 0.717) is 37.4 Å². The maximum absolute atomic E-state index is 12.2. The highest BCUT2D eigenvalue weighted by Gasteiger charge is 2.41. The molecule has 252 valence electrons. The Bertz CT molecular complexity index is 1350. The van der Waals surface area contributed by atoms with E-state index in [4.69, 9.17) is 18.9 Å². The van der Waals surface area contributed by atoms with Crippen LogP contribution < -0.4 is 23.8 Å². The van der Waals surface area contributed by atoms with Crippen molar-refractivity contribution in [2.45, 2.75) is 97.8 Å². The van der Waals surface area contributed by atoms with Gasteiger partial charge in [-0.05, 0) is 67.1 Å². The van der Waals surface area contributed by atoms with Gasteiger partial charge in [-0.25, -0.2) is 0 Å². The number of aliphatic hydroxyl groups excluding tert-OH is 1. The molecule has 1 saturated heterocycles. The second-order valence-corrected chi connectivity index (χ2v) is 12.7. The molecule has 7 nitrogen and oxygen atoms in total. The van der Waals surface area contributed by atoms with E-state index in [0.717, 1.165) is 104 Å². The topological polar surface area (TPSA) is 74.5 Å². The third-order valence-corrected chi connectivity index (χ3v) is 9.46. The molecule has 3 aromatic rings. The molecule has 7 heteroatoms. The lowest BCUT2D eigenvalue weighted by Gasteiger charge is -2.42. The Labute approximate surface area is 276 Å². The molecule has 4 rings (SSSR count). The quantitative estimate of drug-likeness (QED) is 0.105. The highest BCUT2D eigenvalue weighted by molar-refractivity contribution is 5.83. The zero-order valence-electron chi connectivity index (χ0n) is 28.9. The van der Waals surface area contributed by atoms with E-state index in [1.165, 1.54) is 4.90 Å². The van der Waals surface area contributed by atoms with Gasteiger partial charge in [0.15, 0.2) is 11.5 Å². The van der Waals surface area contributed by atoms with Crippen LogP contribution in [0.15, 0.2) is 55.3 Å². The van der Waals surface area contributed by atoms with Crippen molar-refractivity contribution in [3.63, 3.8) is 0 Å². The number of ether oxygens (including phenoxy) is 4. The molecular formula is C39H57N2O5+. The molecule has 5 atom stereocenters. The molecule has 1 aliphatic heterocycles. The molecule has 0 saturated carbocycles. The maximum atomic E-state index is 12.2. The number of hydrogen-bond donors (Lipinski definition) is 2. The van der Waals surface area contributed by atoms with E-state index in [9.17, 15) is 5.11 Å². The molecule has 1 aromatic heterocycles. The first-order valence-corrected chi connectivity index (χ1v) is 17.6. The van der Waals surface area contributed by atoms with Crippen molar-refractivity contribution in [1.82, 2.24) is 4.98 Å². The van der Waals surface area contributed by atoms with Crippen molar-refractivity contribution < 1.29 is 29.0 Å². The summed E-state index contributed by atoms with van der Waals surface area (Å²) >= 11 is 0. The number of nitrogens with one attached hydrogen (secondary N) is 1. The van der Waals surface area contributed by atoms with Crippen LogP contribution in [-0.4, -0.2) is 49.6 Å². The summed E-state index contributed by atoms with van der Waals surface area (Å²) in [6.45, 7) is 16.5. The van der Waals surface area contributed by atoms with Gasteiger partial charge in [0.2, 0.25) is 5.75 Å². The summed E-state index contributed by atoms with van der Waals surface area (Å²) < 4.78 is 24.6. The molecule has 2 heterocycles. The van der Waals surface area contributed by atoms with E-state index in [-0.39, 0.29) is 6.04 Å². The molecule has 1 aliphatic rings. The minimum Gasteiger partial charge on any atom is -0.497 e. The molecule has 1 fully saturated rings. The molecular weight excluding hydrogens is 576 g/mol.